The van der Waals surface area contributed by atoms with Gasteiger partial charge in [-0.15, -0.1) is 0 Å². The lowest BCUT2D eigenvalue weighted by Crippen LogP contribution is -2.51. The van der Waals surface area contributed by atoms with Gasteiger partial charge in [0.1, 0.15) is 24.5 Å². The minimum absolute atomic E-state index is 0.173. The monoisotopic (exact) mass is 438 g/mol. The third-order valence-corrected chi connectivity index (χ3v) is 5.11. The van der Waals surface area contributed by atoms with Crippen LogP contribution < -0.4 is 24.8 Å². The van der Waals surface area contributed by atoms with E-state index in [0.29, 0.717) is 36.2 Å². The van der Waals surface area contributed by atoms with Gasteiger partial charge in [-0.1, -0.05) is 32.0 Å². The highest BCUT2D eigenvalue weighted by Gasteiger charge is 2.27. The number of hydrogen-bond acceptors (Lipinski definition) is 6. The molecule has 3 rings (SSSR count). The van der Waals surface area contributed by atoms with Crippen LogP contribution >= 0.6 is 0 Å². The van der Waals surface area contributed by atoms with Gasteiger partial charge >= 0.3 is 6.03 Å². The van der Waals surface area contributed by atoms with E-state index in [0.717, 1.165) is 12.2 Å². The summed E-state index contributed by atoms with van der Waals surface area (Å²) in [4.78, 5) is 34.9. The second-order valence-electron chi connectivity index (χ2n) is 7.28. The molecule has 2 N–H and O–H groups in total. The zero-order valence-electron chi connectivity index (χ0n) is 18.3. The van der Waals surface area contributed by atoms with Gasteiger partial charge in [0, 0.05) is 0 Å². The summed E-state index contributed by atoms with van der Waals surface area (Å²) in [5, 5.41) is 4.06. The molecule has 1 aliphatic heterocycles. The Morgan fingerprint density at radius 2 is 1.56 bits per heavy atom. The maximum atomic E-state index is 11.9. The first kappa shape index (κ1) is 22.9. The summed E-state index contributed by atoms with van der Waals surface area (Å²) in [5.74, 6) is 0.711. The van der Waals surface area contributed by atoms with E-state index < -0.39 is 17.8 Å². The van der Waals surface area contributed by atoms with Gasteiger partial charge < -0.3 is 14.2 Å². The highest BCUT2D eigenvalue weighted by atomic mass is 16.5. The van der Waals surface area contributed by atoms with Gasteiger partial charge in [0.05, 0.1) is 7.11 Å². The second kappa shape index (κ2) is 10.5. The molecule has 1 aliphatic rings. The van der Waals surface area contributed by atoms with Crippen LogP contribution in [-0.4, -0.2) is 38.2 Å². The van der Waals surface area contributed by atoms with Crippen molar-refractivity contribution in [3.05, 3.63) is 59.2 Å². The van der Waals surface area contributed by atoms with Crippen molar-refractivity contribution in [2.45, 2.75) is 26.2 Å². The molecule has 0 bridgehead atoms. The van der Waals surface area contributed by atoms with E-state index in [1.165, 1.54) is 18.7 Å². The molecule has 8 nitrogen and oxygen atoms in total. The van der Waals surface area contributed by atoms with Crippen molar-refractivity contribution in [1.82, 2.24) is 10.6 Å². The fourth-order valence-corrected chi connectivity index (χ4v) is 3.11. The second-order valence-corrected chi connectivity index (χ2v) is 7.28. The van der Waals surface area contributed by atoms with Crippen molar-refractivity contribution >= 4 is 23.9 Å². The molecule has 1 heterocycles. The zero-order valence-corrected chi connectivity index (χ0v) is 18.3. The van der Waals surface area contributed by atoms with Crippen LogP contribution in [0, 0.1) is 0 Å². The number of carbonyl (C=O) groups excluding carboxylic acids is 3. The molecule has 8 heteroatoms. The SMILES string of the molecule is CC[C@@H](C)c1ccc(OCCOc2ccc(C=C3C(=O)NC(=O)NC3=O)cc2OC)cc1. The number of rotatable bonds is 9. The highest BCUT2D eigenvalue weighted by molar-refractivity contribution is 6.31. The number of carbonyl (C=O) groups is 3. The van der Waals surface area contributed by atoms with Crippen LogP contribution in [0.15, 0.2) is 48.0 Å². The number of imide groups is 2. The van der Waals surface area contributed by atoms with Crippen LogP contribution in [0.5, 0.6) is 17.2 Å². The van der Waals surface area contributed by atoms with Crippen LogP contribution in [-0.2, 0) is 9.59 Å². The zero-order chi connectivity index (χ0) is 23.1. The predicted molar refractivity (Wildman–Crippen MR) is 119 cm³/mol. The third-order valence-electron chi connectivity index (χ3n) is 5.11. The third kappa shape index (κ3) is 5.66. The van der Waals surface area contributed by atoms with Crippen LogP contribution in [0.1, 0.15) is 37.3 Å². The maximum Gasteiger partial charge on any atom is 0.328 e. The normalized spacial score (nSPS) is 14.3. The van der Waals surface area contributed by atoms with Gasteiger partial charge in [-0.3, -0.25) is 20.2 Å². The molecule has 0 aromatic heterocycles. The summed E-state index contributed by atoms with van der Waals surface area (Å²) in [5.41, 5.74) is 1.65. The molecule has 1 fully saturated rings. The molecular formula is C24H26N2O6. The molecule has 1 atom stereocenters. The number of methoxy groups -OCH3 is 1. The van der Waals surface area contributed by atoms with Crippen molar-refractivity contribution in [3.63, 3.8) is 0 Å². The van der Waals surface area contributed by atoms with Gasteiger partial charge in [-0.05, 0) is 53.8 Å². The lowest BCUT2D eigenvalue weighted by molar-refractivity contribution is -0.123. The Balaban J connectivity index is 1.58. The molecule has 0 aliphatic carbocycles. The highest BCUT2D eigenvalue weighted by Crippen LogP contribution is 2.29. The van der Waals surface area contributed by atoms with E-state index >= 15 is 0 Å². The molecular weight excluding hydrogens is 412 g/mol. The van der Waals surface area contributed by atoms with Gasteiger partial charge in [-0.25, -0.2) is 4.79 Å². The summed E-state index contributed by atoms with van der Waals surface area (Å²) in [6.45, 7) is 5.01. The van der Waals surface area contributed by atoms with E-state index in [1.807, 2.05) is 22.8 Å². The number of ether oxygens (including phenoxy) is 3. The predicted octanol–water partition coefficient (Wildman–Crippen LogP) is 3.42. The summed E-state index contributed by atoms with van der Waals surface area (Å²) in [6, 6.07) is 12.2. The summed E-state index contributed by atoms with van der Waals surface area (Å²) in [7, 11) is 1.49. The molecule has 168 valence electrons. The Hall–Kier alpha value is -3.81. The average molecular weight is 438 g/mol. The minimum Gasteiger partial charge on any atom is -0.493 e. The molecule has 0 unspecified atom stereocenters. The molecule has 2 aromatic carbocycles. The topological polar surface area (TPSA) is 103 Å². The van der Waals surface area contributed by atoms with E-state index in [1.54, 1.807) is 18.2 Å². The Bertz CT molecular complexity index is 1010. The first-order chi connectivity index (χ1) is 15.4. The molecule has 1 saturated heterocycles. The molecule has 2 aromatic rings. The Labute approximate surface area is 186 Å². The van der Waals surface area contributed by atoms with Crippen LogP contribution in [0.2, 0.25) is 0 Å². The van der Waals surface area contributed by atoms with Gasteiger partial charge in [-0.2, -0.15) is 0 Å². The fourth-order valence-electron chi connectivity index (χ4n) is 3.11. The Morgan fingerprint density at radius 3 is 2.19 bits per heavy atom. The smallest absolute Gasteiger partial charge is 0.328 e. The average Bonchev–Trinajstić information content (AvgIpc) is 2.79. The van der Waals surface area contributed by atoms with Gasteiger partial charge in [0.15, 0.2) is 11.5 Å². The standard InChI is InChI=1S/C24H26N2O6/c1-4-15(2)17-6-8-18(9-7-17)31-11-12-32-20-10-5-16(14-21(20)30-3)13-19-22(27)25-24(29)26-23(19)28/h5-10,13-15H,4,11-12H2,1-3H3,(H2,25,26,27,28,29)/t15-/m1/s1. The molecule has 0 saturated carbocycles. The van der Waals surface area contributed by atoms with Crippen LogP contribution in [0.3, 0.4) is 0 Å². The van der Waals surface area contributed by atoms with Crippen molar-refractivity contribution in [3.8, 4) is 17.2 Å². The van der Waals surface area contributed by atoms with E-state index in [9.17, 15) is 14.4 Å². The quantitative estimate of drug-likeness (QED) is 0.353. The summed E-state index contributed by atoms with van der Waals surface area (Å²) < 4.78 is 16.8. The number of benzene rings is 2. The molecule has 0 spiro atoms. The molecule has 32 heavy (non-hydrogen) atoms. The van der Waals surface area contributed by atoms with Crippen molar-refractivity contribution in [1.29, 1.82) is 0 Å². The minimum atomic E-state index is -0.841. The Kier molecular flexibility index (Phi) is 7.49. The fraction of sp³-hybridized carbons (Fsp3) is 0.292. The van der Waals surface area contributed by atoms with Crippen molar-refractivity contribution in [2.75, 3.05) is 20.3 Å². The largest absolute Gasteiger partial charge is 0.493 e. The number of barbiturate groups is 1. The first-order valence-electron chi connectivity index (χ1n) is 10.3. The van der Waals surface area contributed by atoms with Crippen LogP contribution in [0.25, 0.3) is 6.08 Å². The van der Waals surface area contributed by atoms with Crippen molar-refractivity contribution in [2.24, 2.45) is 0 Å². The van der Waals surface area contributed by atoms with Crippen LogP contribution in [0.4, 0.5) is 4.79 Å². The van der Waals surface area contributed by atoms with Gasteiger partial charge in [0.25, 0.3) is 11.8 Å². The first-order valence-corrected chi connectivity index (χ1v) is 10.3. The van der Waals surface area contributed by atoms with Crippen molar-refractivity contribution < 1.29 is 28.6 Å². The summed E-state index contributed by atoms with van der Waals surface area (Å²) in [6.07, 6.45) is 2.46. The molecule has 4 amide bonds. The number of hydrogen-bond donors (Lipinski definition) is 2. The van der Waals surface area contributed by atoms with E-state index in [4.69, 9.17) is 14.2 Å². The molecule has 0 radical (unpaired) electrons. The number of amides is 4. The van der Waals surface area contributed by atoms with E-state index in [-0.39, 0.29) is 5.57 Å². The lowest BCUT2D eigenvalue weighted by atomic mass is 9.99. The number of urea groups is 1. The Morgan fingerprint density at radius 1 is 0.906 bits per heavy atom. The summed E-state index contributed by atoms with van der Waals surface area (Å²) >= 11 is 0. The maximum absolute atomic E-state index is 11.9. The number of nitrogens with one attached hydrogen (secondary N) is 2. The van der Waals surface area contributed by atoms with Gasteiger partial charge in [0.2, 0.25) is 0 Å². The van der Waals surface area contributed by atoms with E-state index in [2.05, 4.69) is 26.0 Å². The lowest BCUT2D eigenvalue weighted by Gasteiger charge is -2.15.